The quantitative estimate of drug-likeness (QED) is 0.697. The zero-order valence-corrected chi connectivity index (χ0v) is 16.3. The summed E-state index contributed by atoms with van der Waals surface area (Å²) in [4.78, 5) is 17.4. The summed E-state index contributed by atoms with van der Waals surface area (Å²) in [7, 11) is 0. The van der Waals surface area contributed by atoms with Crippen LogP contribution in [-0.2, 0) is 4.79 Å². The Morgan fingerprint density at radius 2 is 1.92 bits per heavy atom. The molecule has 2 aromatic carbocycles. The second-order valence-corrected chi connectivity index (χ2v) is 7.85. The second kappa shape index (κ2) is 7.56. The molecule has 1 amide bonds. The number of carbonyl (C=O) groups is 1. The smallest absolute Gasteiger partial charge is 0.264 e. The van der Waals surface area contributed by atoms with Crippen LogP contribution in [0.1, 0.15) is 36.5 Å². The Balaban J connectivity index is 1.89. The molecule has 0 atom stereocenters. The van der Waals surface area contributed by atoms with Crippen molar-refractivity contribution in [3.63, 3.8) is 0 Å². The zero-order chi connectivity index (χ0) is 18.8. The predicted octanol–water partition coefficient (Wildman–Crippen LogP) is 5.37. The van der Waals surface area contributed by atoms with E-state index in [-0.39, 0.29) is 17.6 Å². The largest absolute Gasteiger partial charge is 0.508 e. The number of aromatic hydroxyl groups is 1. The average molecular weight is 387 g/mol. The highest BCUT2D eigenvalue weighted by Crippen LogP contribution is 2.34. The van der Waals surface area contributed by atoms with Gasteiger partial charge in [-0.15, -0.1) is 0 Å². The molecule has 0 radical (unpaired) electrons. The van der Waals surface area contributed by atoms with Crippen molar-refractivity contribution >= 4 is 46.2 Å². The van der Waals surface area contributed by atoms with Crippen molar-refractivity contribution in [3.05, 3.63) is 63.0 Å². The van der Waals surface area contributed by atoms with Gasteiger partial charge < -0.3 is 10.4 Å². The number of nitrogens with zero attached hydrogens (tertiary/aromatic N) is 1. The fourth-order valence-electron chi connectivity index (χ4n) is 2.58. The molecule has 0 saturated carbocycles. The Morgan fingerprint density at radius 1 is 1.23 bits per heavy atom. The number of amidine groups is 1. The number of carbonyl (C=O) groups excluding carboxylic acids is 1. The highest BCUT2D eigenvalue weighted by molar-refractivity contribution is 8.18. The molecular formula is C20H19ClN2O2S. The van der Waals surface area contributed by atoms with Crippen LogP contribution < -0.4 is 5.32 Å². The number of thioether (sulfide) groups is 1. The average Bonchev–Trinajstić information content (AvgIpc) is 2.91. The molecule has 1 aliphatic heterocycles. The Labute approximate surface area is 162 Å². The SMILES string of the molecule is Cc1cc(O)c(C(C)C)cc1N=C1NC(=O)C(=Cc2ccc(Cl)cc2)S1. The molecule has 2 aromatic rings. The maximum Gasteiger partial charge on any atom is 0.264 e. The van der Waals surface area contributed by atoms with Crippen LogP contribution >= 0.6 is 23.4 Å². The monoisotopic (exact) mass is 386 g/mol. The molecule has 134 valence electrons. The van der Waals surface area contributed by atoms with Gasteiger partial charge in [0.25, 0.3) is 5.91 Å². The van der Waals surface area contributed by atoms with Crippen LogP contribution in [0.5, 0.6) is 5.75 Å². The summed E-state index contributed by atoms with van der Waals surface area (Å²) in [6, 6.07) is 10.9. The molecule has 1 saturated heterocycles. The zero-order valence-electron chi connectivity index (χ0n) is 14.7. The lowest BCUT2D eigenvalue weighted by Crippen LogP contribution is -2.19. The van der Waals surface area contributed by atoms with Crippen LogP contribution in [0.25, 0.3) is 6.08 Å². The Kier molecular flexibility index (Phi) is 5.39. The van der Waals surface area contributed by atoms with Crippen molar-refractivity contribution in [2.24, 2.45) is 4.99 Å². The summed E-state index contributed by atoms with van der Waals surface area (Å²) >= 11 is 7.18. The minimum atomic E-state index is -0.177. The van der Waals surface area contributed by atoms with Crippen molar-refractivity contribution < 1.29 is 9.90 Å². The summed E-state index contributed by atoms with van der Waals surface area (Å²) in [5, 5.41) is 14.0. The fraction of sp³-hybridized carbons (Fsp3) is 0.200. The van der Waals surface area contributed by atoms with E-state index in [4.69, 9.17) is 11.6 Å². The maximum absolute atomic E-state index is 12.2. The molecule has 4 nitrogen and oxygen atoms in total. The molecule has 0 unspecified atom stereocenters. The predicted molar refractivity (Wildman–Crippen MR) is 109 cm³/mol. The summed E-state index contributed by atoms with van der Waals surface area (Å²) in [6.45, 7) is 5.91. The highest BCUT2D eigenvalue weighted by Gasteiger charge is 2.24. The number of benzene rings is 2. The summed E-state index contributed by atoms with van der Waals surface area (Å²) in [5.74, 6) is 0.276. The van der Waals surface area contributed by atoms with Gasteiger partial charge in [0.15, 0.2) is 5.17 Å². The van der Waals surface area contributed by atoms with Gasteiger partial charge in [-0.05, 0) is 71.6 Å². The van der Waals surface area contributed by atoms with Crippen molar-refractivity contribution in [3.8, 4) is 5.75 Å². The van der Waals surface area contributed by atoms with Crippen LogP contribution in [-0.4, -0.2) is 16.2 Å². The van der Waals surface area contributed by atoms with Gasteiger partial charge in [-0.25, -0.2) is 4.99 Å². The van der Waals surface area contributed by atoms with Crippen molar-refractivity contribution in [2.45, 2.75) is 26.7 Å². The Hall–Kier alpha value is -2.24. The van der Waals surface area contributed by atoms with Crippen molar-refractivity contribution in [2.75, 3.05) is 0 Å². The van der Waals surface area contributed by atoms with Crippen molar-refractivity contribution in [1.82, 2.24) is 5.32 Å². The maximum atomic E-state index is 12.2. The van der Waals surface area contributed by atoms with Crippen LogP contribution in [0.2, 0.25) is 5.02 Å². The molecule has 2 N–H and O–H groups in total. The number of aryl methyl sites for hydroxylation is 1. The van der Waals surface area contributed by atoms with E-state index in [2.05, 4.69) is 10.3 Å². The van der Waals surface area contributed by atoms with Gasteiger partial charge in [0.1, 0.15) is 5.75 Å². The summed E-state index contributed by atoms with van der Waals surface area (Å²) < 4.78 is 0. The third-order valence-electron chi connectivity index (χ3n) is 4.01. The van der Waals surface area contributed by atoms with Crippen LogP contribution in [0.3, 0.4) is 0 Å². The molecule has 0 aliphatic carbocycles. The minimum absolute atomic E-state index is 0.177. The summed E-state index contributed by atoms with van der Waals surface area (Å²) in [6.07, 6.45) is 1.81. The number of rotatable bonds is 3. The van der Waals surface area contributed by atoms with Crippen LogP contribution in [0, 0.1) is 6.92 Å². The van der Waals surface area contributed by atoms with E-state index in [9.17, 15) is 9.90 Å². The molecular weight excluding hydrogens is 368 g/mol. The lowest BCUT2D eigenvalue weighted by molar-refractivity contribution is -0.115. The Bertz CT molecular complexity index is 918. The van der Waals surface area contributed by atoms with Gasteiger partial charge in [-0.3, -0.25) is 4.79 Å². The minimum Gasteiger partial charge on any atom is -0.508 e. The number of halogens is 1. The first-order chi connectivity index (χ1) is 12.3. The number of amides is 1. The molecule has 6 heteroatoms. The van der Waals surface area contributed by atoms with E-state index in [0.717, 1.165) is 22.4 Å². The Morgan fingerprint density at radius 3 is 2.58 bits per heavy atom. The van der Waals surface area contributed by atoms with E-state index >= 15 is 0 Å². The van der Waals surface area contributed by atoms with Gasteiger partial charge in [0.2, 0.25) is 0 Å². The van der Waals surface area contributed by atoms with E-state index in [0.29, 0.717) is 15.1 Å². The van der Waals surface area contributed by atoms with Gasteiger partial charge in [0.05, 0.1) is 10.6 Å². The lowest BCUT2D eigenvalue weighted by Gasteiger charge is -2.11. The van der Waals surface area contributed by atoms with Gasteiger partial charge in [-0.2, -0.15) is 0 Å². The van der Waals surface area contributed by atoms with E-state index in [1.54, 1.807) is 18.2 Å². The lowest BCUT2D eigenvalue weighted by atomic mass is 9.99. The van der Waals surface area contributed by atoms with E-state index < -0.39 is 0 Å². The first-order valence-electron chi connectivity index (χ1n) is 8.22. The second-order valence-electron chi connectivity index (χ2n) is 6.39. The molecule has 0 bridgehead atoms. The molecule has 1 heterocycles. The van der Waals surface area contributed by atoms with Crippen LogP contribution in [0.4, 0.5) is 5.69 Å². The number of hydrogen-bond acceptors (Lipinski definition) is 4. The normalized spacial score (nSPS) is 17.3. The first kappa shape index (κ1) is 18.5. The molecule has 3 rings (SSSR count). The van der Waals surface area contributed by atoms with Gasteiger partial charge >= 0.3 is 0 Å². The number of phenols is 1. The molecule has 1 fully saturated rings. The van der Waals surface area contributed by atoms with E-state index in [1.807, 2.05) is 45.0 Å². The first-order valence-corrected chi connectivity index (χ1v) is 9.41. The number of hydrogen-bond donors (Lipinski definition) is 2. The van der Waals surface area contributed by atoms with Crippen LogP contribution in [0.15, 0.2) is 46.3 Å². The molecule has 0 spiro atoms. The molecule has 26 heavy (non-hydrogen) atoms. The highest BCUT2D eigenvalue weighted by atomic mass is 35.5. The standard InChI is InChI=1S/C20H19ClN2O2S/c1-11(2)15-10-16(12(3)8-17(15)24)22-20-23-19(25)18(26-20)9-13-4-6-14(21)7-5-13/h4-11,24H,1-3H3,(H,22,23,25). The van der Waals surface area contributed by atoms with E-state index in [1.165, 1.54) is 11.8 Å². The third kappa shape index (κ3) is 4.11. The molecule has 0 aromatic heterocycles. The third-order valence-corrected chi connectivity index (χ3v) is 5.17. The number of nitrogens with one attached hydrogen (secondary N) is 1. The van der Waals surface area contributed by atoms with Crippen molar-refractivity contribution in [1.29, 1.82) is 0 Å². The number of phenolic OH excluding ortho intramolecular Hbond substituents is 1. The topological polar surface area (TPSA) is 61.7 Å². The van der Waals surface area contributed by atoms with Gasteiger partial charge in [0, 0.05) is 5.02 Å². The summed E-state index contributed by atoms with van der Waals surface area (Å²) in [5.41, 5.74) is 3.32. The fourth-order valence-corrected chi connectivity index (χ4v) is 3.54. The number of aliphatic imine (C=N–C) groups is 1. The molecule has 1 aliphatic rings. The van der Waals surface area contributed by atoms with Gasteiger partial charge in [-0.1, -0.05) is 37.6 Å².